The van der Waals surface area contributed by atoms with Crippen LogP contribution in [0, 0.1) is 0 Å². The molecule has 16 heavy (non-hydrogen) atoms. The van der Waals surface area contributed by atoms with Crippen LogP contribution in [0.15, 0.2) is 0 Å². The molecule has 0 aromatic carbocycles. The molecule has 4 heteroatoms. The van der Waals surface area contributed by atoms with Crippen LogP contribution in [0.25, 0.3) is 0 Å². The number of hydrogen-bond donors (Lipinski definition) is 0. The fourth-order valence-electron chi connectivity index (χ4n) is 1.88. The molecule has 0 aromatic rings. The van der Waals surface area contributed by atoms with Gasteiger partial charge < -0.3 is 13.8 Å². The van der Waals surface area contributed by atoms with Gasteiger partial charge in [-0.1, -0.05) is 13.8 Å². The van der Waals surface area contributed by atoms with Gasteiger partial charge in [0.25, 0.3) is 0 Å². The molecule has 0 aliphatic heterocycles. The molecule has 0 heterocycles. The van der Waals surface area contributed by atoms with Crippen molar-refractivity contribution in [2.45, 2.75) is 45.7 Å². The summed E-state index contributed by atoms with van der Waals surface area (Å²) in [6.07, 6.45) is 3.66. The second-order valence-corrected chi connectivity index (χ2v) is 8.07. The summed E-state index contributed by atoms with van der Waals surface area (Å²) in [7, 11) is 1.70. The first-order valence-electron chi connectivity index (χ1n) is 6.44. The Kier molecular flexibility index (Phi) is 9.22. The molecular formula is C12H29NO2Si. The third-order valence-corrected chi connectivity index (χ3v) is 6.04. The van der Waals surface area contributed by atoms with E-state index in [1.54, 1.807) is 14.2 Å². The fraction of sp³-hybridized carbons (Fsp3) is 1.00. The minimum absolute atomic E-state index is 1.09. The average molecular weight is 247 g/mol. The predicted octanol–water partition coefficient (Wildman–Crippen LogP) is 2.86. The molecule has 0 aliphatic carbocycles. The Morgan fingerprint density at radius 2 is 1.44 bits per heavy atom. The van der Waals surface area contributed by atoms with Crippen LogP contribution in [0.1, 0.15) is 33.1 Å². The smallest absolute Gasteiger partial charge is 0.334 e. The van der Waals surface area contributed by atoms with Crippen molar-refractivity contribution in [2.24, 2.45) is 0 Å². The maximum atomic E-state index is 5.49. The van der Waals surface area contributed by atoms with E-state index in [0.717, 1.165) is 6.04 Å². The van der Waals surface area contributed by atoms with E-state index in [2.05, 4.69) is 25.3 Å². The molecular weight excluding hydrogens is 218 g/mol. The molecule has 0 saturated carbocycles. The highest BCUT2D eigenvalue weighted by Crippen LogP contribution is 2.14. The lowest BCUT2D eigenvalue weighted by Gasteiger charge is -2.25. The molecule has 3 nitrogen and oxygen atoms in total. The van der Waals surface area contributed by atoms with Crippen LogP contribution >= 0.6 is 0 Å². The Labute approximate surface area is 102 Å². The monoisotopic (exact) mass is 247 g/mol. The molecule has 0 rings (SSSR count). The molecule has 98 valence electrons. The van der Waals surface area contributed by atoms with Gasteiger partial charge >= 0.3 is 8.56 Å². The Balaban J connectivity index is 3.83. The van der Waals surface area contributed by atoms with Crippen molar-refractivity contribution in [1.82, 2.24) is 4.90 Å². The Morgan fingerprint density at radius 3 is 1.81 bits per heavy atom. The van der Waals surface area contributed by atoms with E-state index < -0.39 is 8.56 Å². The van der Waals surface area contributed by atoms with Crippen LogP contribution in [0.3, 0.4) is 0 Å². The first-order valence-corrected chi connectivity index (χ1v) is 8.96. The van der Waals surface area contributed by atoms with Gasteiger partial charge in [0.15, 0.2) is 0 Å². The van der Waals surface area contributed by atoms with Gasteiger partial charge in [-0.2, -0.15) is 0 Å². The van der Waals surface area contributed by atoms with Crippen molar-refractivity contribution in [3.8, 4) is 0 Å². The van der Waals surface area contributed by atoms with Gasteiger partial charge in [-0.15, -0.1) is 0 Å². The lowest BCUT2D eigenvalue weighted by Crippen LogP contribution is -2.37. The van der Waals surface area contributed by atoms with Crippen molar-refractivity contribution in [1.29, 1.82) is 0 Å². The third kappa shape index (κ3) is 6.63. The van der Waals surface area contributed by atoms with Gasteiger partial charge in [0.2, 0.25) is 0 Å². The van der Waals surface area contributed by atoms with Crippen molar-refractivity contribution in [2.75, 3.05) is 33.9 Å². The first kappa shape index (κ1) is 16.1. The zero-order chi connectivity index (χ0) is 12.4. The van der Waals surface area contributed by atoms with E-state index >= 15 is 0 Å². The van der Waals surface area contributed by atoms with Gasteiger partial charge in [0, 0.05) is 14.2 Å². The van der Waals surface area contributed by atoms with Crippen LogP contribution in [-0.4, -0.2) is 47.3 Å². The van der Waals surface area contributed by atoms with E-state index in [1.807, 2.05) is 0 Å². The topological polar surface area (TPSA) is 21.7 Å². The second-order valence-electron chi connectivity index (χ2n) is 4.49. The van der Waals surface area contributed by atoms with Crippen LogP contribution in [0.5, 0.6) is 0 Å². The molecule has 0 atom stereocenters. The van der Waals surface area contributed by atoms with Gasteiger partial charge in [-0.3, -0.25) is 0 Å². The minimum atomic E-state index is -1.84. The summed E-state index contributed by atoms with van der Waals surface area (Å²) in [5.41, 5.74) is 0. The third-order valence-electron chi connectivity index (χ3n) is 3.05. The first-order chi connectivity index (χ1) is 7.61. The molecule has 0 fully saturated rings. The van der Waals surface area contributed by atoms with E-state index in [1.165, 1.54) is 38.9 Å². The predicted molar refractivity (Wildman–Crippen MR) is 72.1 cm³/mol. The van der Waals surface area contributed by atoms with Crippen LogP contribution in [0.2, 0.25) is 12.6 Å². The minimum Gasteiger partial charge on any atom is -0.398 e. The molecule has 0 saturated heterocycles. The molecule has 0 radical (unpaired) electrons. The van der Waals surface area contributed by atoms with Crippen molar-refractivity contribution >= 4 is 8.56 Å². The standard InChI is InChI=1S/C12H29NO2Si/c1-6-9-13(10-7-2)11-8-12-16(5,14-3)15-4/h6-12H2,1-5H3. The van der Waals surface area contributed by atoms with E-state index in [4.69, 9.17) is 8.85 Å². The summed E-state index contributed by atoms with van der Waals surface area (Å²) in [4.78, 5) is 2.54. The Morgan fingerprint density at radius 1 is 0.938 bits per heavy atom. The highest BCUT2D eigenvalue weighted by molar-refractivity contribution is 6.65. The van der Waals surface area contributed by atoms with E-state index in [9.17, 15) is 0 Å². The Bertz CT molecular complexity index is 157. The van der Waals surface area contributed by atoms with Gasteiger partial charge in [0.05, 0.1) is 0 Å². The van der Waals surface area contributed by atoms with E-state index in [0.29, 0.717) is 0 Å². The molecule has 0 amide bonds. The van der Waals surface area contributed by atoms with Gasteiger partial charge in [-0.05, 0) is 51.5 Å². The molecule has 0 N–H and O–H groups in total. The van der Waals surface area contributed by atoms with E-state index in [-0.39, 0.29) is 0 Å². The average Bonchev–Trinajstić information content (AvgIpc) is 2.29. The van der Waals surface area contributed by atoms with Gasteiger partial charge in [-0.25, -0.2) is 0 Å². The summed E-state index contributed by atoms with van der Waals surface area (Å²) in [6.45, 7) is 10.2. The van der Waals surface area contributed by atoms with Gasteiger partial charge in [0.1, 0.15) is 0 Å². The van der Waals surface area contributed by atoms with Crippen molar-refractivity contribution in [3.05, 3.63) is 0 Å². The van der Waals surface area contributed by atoms with Crippen LogP contribution in [0.4, 0.5) is 0 Å². The maximum absolute atomic E-state index is 5.49. The largest absolute Gasteiger partial charge is 0.398 e. The molecule has 0 spiro atoms. The molecule has 0 bridgehead atoms. The fourth-order valence-corrected chi connectivity index (χ4v) is 3.25. The highest BCUT2D eigenvalue weighted by atomic mass is 28.4. The Hall–Kier alpha value is 0.0969. The van der Waals surface area contributed by atoms with Crippen LogP contribution < -0.4 is 0 Å². The normalized spacial score (nSPS) is 12.4. The highest BCUT2D eigenvalue weighted by Gasteiger charge is 2.27. The summed E-state index contributed by atoms with van der Waals surface area (Å²) in [5, 5.41) is 0. The summed E-state index contributed by atoms with van der Waals surface area (Å²) >= 11 is 0. The molecule has 0 unspecified atom stereocenters. The number of rotatable bonds is 10. The zero-order valence-electron chi connectivity index (χ0n) is 11.7. The number of nitrogens with zero attached hydrogens (tertiary/aromatic N) is 1. The maximum Gasteiger partial charge on any atom is 0.334 e. The lowest BCUT2D eigenvalue weighted by atomic mass is 10.3. The van der Waals surface area contributed by atoms with Crippen molar-refractivity contribution < 1.29 is 8.85 Å². The summed E-state index contributed by atoms with van der Waals surface area (Å²) < 4.78 is 11.0. The molecule has 0 aromatic heterocycles. The SMILES string of the molecule is CCCN(CCC)CCC[Si](C)(OC)OC. The zero-order valence-corrected chi connectivity index (χ0v) is 12.7. The summed E-state index contributed by atoms with van der Waals surface area (Å²) in [6, 6.07) is 1.09. The quantitative estimate of drug-likeness (QED) is 0.554. The van der Waals surface area contributed by atoms with Crippen molar-refractivity contribution in [3.63, 3.8) is 0 Å². The number of hydrogen-bond acceptors (Lipinski definition) is 3. The van der Waals surface area contributed by atoms with Crippen LogP contribution in [-0.2, 0) is 8.85 Å². The summed E-state index contributed by atoms with van der Waals surface area (Å²) in [5.74, 6) is 0. The second kappa shape index (κ2) is 9.16. The molecule has 0 aliphatic rings. The lowest BCUT2D eigenvalue weighted by molar-refractivity contribution is 0.238.